The summed E-state index contributed by atoms with van der Waals surface area (Å²) in [6, 6.07) is 13.7. The van der Waals surface area contributed by atoms with Crippen LogP contribution in [0.5, 0.6) is 5.75 Å². The second-order valence-corrected chi connectivity index (χ2v) is 11.9. The molecule has 1 aliphatic heterocycles. The minimum atomic E-state index is -4.62. The van der Waals surface area contributed by atoms with E-state index in [9.17, 15) is 30.8 Å². The normalized spacial score (nSPS) is 14.9. The topological polar surface area (TPSA) is 91.8 Å². The molecule has 1 fully saturated rings. The van der Waals surface area contributed by atoms with Crippen LogP contribution < -0.4 is 19.3 Å². The van der Waals surface area contributed by atoms with Gasteiger partial charge < -0.3 is 14.5 Å². The molecule has 1 unspecified atom stereocenters. The van der Waals surface area contributed by atoms with Crippen molar-refractivity contribution in [1.29, 1.82) is 0 Å². The van der Waals surface area contributed by atoms with Crippen LogP contribution in [-0.2, 0) is 27.4 Å². The minimum Gasteiger partial charge on any atom is -0.497 e. The number of Topliss-reactive ketones (excluding diaryl/α,β-unsaturated/α-hetero) is 1. The maximum atomic E-state index is 14.5. The Kier molecular flexibility index (Phi) is 9.29. The monoisotopic (exact) mass is 608 g/mol. The third kappa shape index (κ3) is 7.69. The number of benzene rings is 2. The van der Waals surface area contributed by atoms with Gasteiger partial charge in [0.1, 0.15) is 28.9 Å². The van der Waals surface area contributed by atoms with E-state index < -0.39 is 33.6 Å². The summed E-state index contributed by atoms with van der Waals surface area (Å²) in [5.41, 5.74) is 0.617. The quantitative estimate of drug-likeness (QED) is 0.315. The number of ether oxygens (including phenoxy) is 1. The summed E-state index contributed by atoms with van der Waals surface area (Å²) in [4.78, 5) is 20.9. The van der Waals surface area contributed by atoms with Crippen LogP contribution in [0.15, 0.2) is 54.6 Å². The maximum absolute atomic E-state index is 14.5. The first-order valence-electron chi connectivity index (χ1n) is 13.3. The highest BCUT2D eigenvalue weighted by atomic mass is 32.2. The van der Waals surface area contributed by atoms with E-state index in [1.807, 2.05) is 24.3 Å². The molecular formula is C29H32F4N4O4S. The first-order valence-corrected chi connectivity index (χ1v) is 15.2. The van der Waals surface area contributed by atoms with Gasteiger partial charge in [0, 0.05) is 44.2 Å². The lowest BCUT2D eigenvalue weighted by atomic mass is 9.92. The zero-order valence-corrected chi connectivity index (χ0v) is 24.2. The van der Waals surface area contributed by atoms with Crippen LogP contribution in [-0.4, -0.2) is 58.7 Å². The number of anilines is 3. The third-order valence-electron chi connectivity index (χ3n) is 7.18. The van der Waals surface area contributed by atoms with E-state index in [0.29, 0.717) is 37.3 Å². The Morgan fingerprint density at radius 1 is 1.02 bits per heavy atom. The Hall–Kier alpha value is -3.87. The molecule has 2 aromatic carbocycles. The maximum Gasteiger partial charge on any atom is 0.433 e. The number of ketones is 1. The summed E-state index contributed by atoms with van der Waals surface area (Å²) in [5.74, 6) is -0.855. The Morgan fingerprint density at radius 2 is 1.67 bits per heavy atom. The van der Waals surface area contributed by atoms with Gasteiger partial charge in [0.25, 0.3) is 0 Å². The number of halogens is 4. The number of hydrogen-bond donors (Lipinski definition) is 1. The van der Waals surface area contributed by atoms with Gasteiger partial charge in [0.05, 0.1) is 19.1 Å². The predicted molar refractivity (Wildman–Crippen MR) is 153 cm³/mol. The molecule has 0 amide bonds. The number of rotatable bonds is 10. The molecule has 0 aliphatic carbocycles. The van der Waals surface area contributed by atoms with Crippen LogP contribution in [0, 0.1) is 5.82 Å². The van der Waals surface area contributed by atoms with E-state index in [2.05, 4.69) is 14.6 Å². The van der Waals surface area contributed by atoms with E-state index in [1.165, 1.54) is 18.2 Å². The van der Waals surface area contributed by atoms with Crippen molar-refractivity contribution < 1.29 is 35.5 Å². The molecule has 0 saturated carbocycles. The first kappa shape index (κ1) is 31.1. The molecule has 1 atom stereocenters. The van der Waals surface area contributed by atoms with Gasteiger partial charge in [-0.1, -0.05) is 19.1 Å². The second-order valence-electron chi connectivity index (χ2n) is 10.2. The van der Waals surface area contributed by atoms with Crippen LogP contribution in [0.3, 0.4) is 0 Å². The minimum absolute atomic E-state index is 0.00200. The van der Waals surface area contributed by atoms with Crippen LogP contribution in [0.4, 0.5) is 34.8 Å². The number of hydrogen-bond acceptors (Lipinski definition) is 7. The van der Waals surface area contributed by atoms with Crippen LogP contribution in [0.1, 0.15) is 36.1 Å². The average molecular weight is 609 g/mol. The van der Waals surface area contributed by atoms with Gasteiger partial charge >= 0.3 is 6.18 Å². The zero-order chi connectivity index (χ0) is 30.7. The van der Waals surface area contributed by atoms with E-state index in [4.69, 9.17) is 4.74 Å². The standard InChI is InChI=1S/C29H32F4N4O4S/c1-19(21-4-11-25(24(30)18-21)35-42(3,39)40)26(38)12-5-20-6-13-27(29(31,32)33)34-28(20)37-16-14-36(15-17-37)22-7-9-23(41-2)10-8-22/h4,6-11,13,18-19,35H,5,12,14-17H2,1-3H3. The Labute approximate surface area is 242 Å². The van der Waals surface area contributed by atoms with Gasteiger partial charge in [-0.3, -0.25) is 9.52 Å². The van der Waals surface area contributed by atoms with E-state index >= 15 is 0 Å². The van der Waals surface area contributed by atoms with E-state index in [-0.39, 0.29) is 30.1 Å². The van der Waals surface area contributed by atoms with Gasteiger partial charge in [0.2, 0.25) is 10.0 Å². The van der Waals surface area contributed by atoms with Crippen molar-refractivity contribution >= 4 is 33.0 Å². The van der Waals surface area contributed by atoms with Gasteiger partial charge in [-0.05, 0) is 60.0 Å². The molecule has 1 saturated heterocycles. The second kappa shape index (κ2) is 12.6. The van der Waals surface area contributed by atoms with Crippen molar-refractivity contribution in [3.8, 4) is 5.75 Å². The van der Waals surface area contributed by atoms with Crippen molar-refractivity contribution in [3.63, 3.8) is 0 Å². The highest BCUT2D eigenvalue weighted by Crippen LogP contribution is 2.32. The molecular weight excluding hydrogens is 576 g/mol. The highest BCUT2D eigenvalue weighted by Gasteiger charge is 2.34. The summed E-state index contributed by atoms with van der Waals surface area (Å²) in [6.07, 6.45) is -3.57. The molecule has 1 N–H and O–H groups in total. The van der Waals surface area contributed by atoms with Crippen LogP contribution in [0.2, 0.25) is 0 Å². The Morgan fingerprint density at radius 3 is 2.24 bits per heavy atom. The number of carbonyl (C=O) groups is 1. The highest BCUT2D eigenvalue weighted by molar-refractivity contribution is 7.92. The molecule has 0 bridgehead atoms. The zero-order valence-electron chi connectivity index (χ0n) is 23.4. The number of nitrogens with zero attached hydrogens (tertiary/aromatic N) is 3. The lowest BCUT2D eigenvalue weighted by Crippen LogP contribution is -2.47. The molecule has 1 aliphatic rings. The summed E-state index contributed by atoms with van der Waals surface area (Å²) < 4.78 is 85.2. The summed E-state index contributed by atoms with van der Waals surface area (Å²) in [7, 11) is -2.10. The number of piperazine rings is 1. The van der Waals surface area contributed by atoms with Gasteiger partial charge in [-0.2, -0.15) is 13.2 Å². The molecule has 1 aromatic heterocycles. The van der Waals surface area contributed by atoms with Crippen LogP contribution in [0.25, 0.3) is 0 Å². The smallest absolute Gasteiger partial charge is 0.433 e. The number of carbonyl (C=O) groups excluding carboxylic acids is 1. The fourth-order valence-corrected chi connectivity index (χ4v) is 5.38. The predicted octanol–water partition coefficient (Wildman–Crippen LogP) is 5.25. The molecule has 4 rings (SSSR count). The molecule has 2 heterocycles. The Bertz CT molecular complexity index is 1520. The van der Waals surface area contributed by atoms with Crippen LogP contribution >= 0.6 is 0 Å². The molecule has 226 valence electrons. The van der Waals surface area contributed by atoms with Gasteiger partial charge in [-0.25, -0.2) is 17.8 Å². The molecule has 3 aromatic rings. The number of nitrogens with one attached hydrogen (secondary N) is 1. The van der Waals surface area contributed by atoms with Crippen molar-refractivity contribution in [2.45, 2.75) is 31.9 Å². The summed E-state index contributed by atoms with van der Waals surface area (Å²) >= 11 is 0. The largest absolute Gasteiger partial charge is 0.497 e. The average Bonchev–Trinajstić information content (AvgIpc) is 2.95. The Balaban J connectivity index is 1.47. The number of alkyl halides is 3. The lowest BCUT2D eigenvalue weighted by molar-refractivity contribution is -0.141. The molecule has 0 spiro atoms. The number of methoxy groups -OCH3 is 1. The molecule has 13 heteroatoms. The van der Waals surface area contributed by atoms with E-state index in [1.54, 1.807) is 18.9 Å². The van der Waals surface area contributed by atoms with Crippen molar-refractivity contribution in [3.05, 3.63) is 77.2 Å². The summed E-state index contributed by atoms with van der Waals surface area (Å²) in [5, 5.41) is 0. The van der Waals surface area contributed by atoms with Crippen molar-refractivity contribution in [2.24, 2.45) is 0 Å². The van der Waals surface area contributed by atoms with Crippen molar-refractivity contribution in [1.82, 2.24) is 4.98 Å². The number of pyridine rings is 1. The number of sulfonamides is 1. The molecule has 8 nitrogen and oxygen atoms in total. The third-order valence-corrected chi connectivity index (χ3v) is 7.77. The molecule has 42 heavy (non-hydrogen) atoms. The van der Waals surface area contributed by atoms with E-state index in [0.717, 1.165) is 29.8 Å². The molecule has 0 radical (unpaired) electrons. The lowest BCUT2D eigenvalue weighted by Gasteiger charge is -2.37. The van der Waals surface area contributed by atoms with Gasteiger partial charge in [-0.15, -0.1) is 0 Å². The van der Waals surface area contributed by atoms with Gasteiger partial charge in [0.15, 0.2) is 0 Å². The van der Waals surface area contributed by atoms with Crippen molar-refractivity contribution in [2.75, 3.05) is 54.1 Å². The number of aromatic nitrogens is 1. The fraction of sp³-hybridized carbons (Fsp3) is 0.379. The number of aryl methyl sites for hydroxylation is 1. The fourth-order valence-electron chi connectivity index (χ4n) is 4.82. The SMILES string of the molecule is COc1ccc(N2CCN(c3nc(C(F)(F)F)ccc3CCC(=O)C(C)c3ccc(NS(C)(=O)=O)c(F)c3)CC2)cc1. The first-order chi connectivity index (χ1) is 19.7. The summed E-state index contributed by atoms with van der Waals surface area (Å²) in [6.45, 7) is 3.60.